The van der Waals surface area contributed by atoms with Gasteiger partial charge >= 0.3 is 0 Å². The number of unbranched alkanes of at least 4 members (excludes halogenated alkanes) is 1. The number of aryl methyl sites for hydroxylation is 2. The topological polar surface area (TPSA) is 51.2 Å². The van der Waals surface area contributed by atoms with Gasteiger partial charge in [0.05, 0.1) is 12.3 Å². The second kappa shape index (κ2) is 9.37. The number of pyridine rings is 1. The molecule has 0 fully saturated rings. The summed E-state index contributed by atoms with van der Waals surface area (Å²) in [4.78, 5) is 18.1. The molecular weight excluding hydrogens is 360 g/mol. The van der Waals surface area contributed by atoms with Gasteiger partial charge in [0.2, 0.25) is 0 Å². The molecule has 3 rings (SSSR count). The average Bonchev–Trinajstić information content (AvgIpc) is 2.72. The molecule has 0 spiro atoms. The Morgan fingerprint density at radius 3 is 2.52 bits per heavy atom. The van der Waals surface area contributed by atoms with E-state index in [0.717, 1.165) is 40.9 Å². The number of benzene rings is 2. The molecule has 1 aromatic heterocycles. The first-order valence-corrected chi connectivity index (χ1v) is 10.1. The maximum absolute atomic E-state index is 13.4. The predicted octanol–water partition coefficient (Wildman–Crippen LogP) is 6.11. The molecule has 3 aromatic rings. The van der Waals surface area contributed by atoms with Crippen LogP contribution in [-0.4, -0.2) is 17.5 Å². The molecule has 0 saturated heterocycles. The van der Waals surface area contributed by atoms with Crippen LogP contribution in [0.3, 0.4) is 0 Å². The molecule has 150 valence electrons. The monoisotopic (exact) mass is 388 g/mol. The van der Waals surface area contributed by atoms with E-state index in [-0.39, 0.29) is 5.91 Å². The van der Waals surface area contributed by atoms with E-state index in [2.05, 4.69) is 12.2 Å². The number of carbonyl (C=O) groups excluding carboxylic acids is 1. The van der Waals surface area contributed by atoms with Gasteiger partial charge in [0, 0.05) is 23.0 Å². The molecule has 0 aliphatic carbocycles. The molecule has 0 bridgehead atoms. The second-order valence-electron chi connectivity index (χ2n) is 7.26. The third kappa shape index (κ3) is 4.83. The van der Waals surface area contributed by atoms with Gasteiger partial charge in [-0.05, 0) is 44.4 Å². The summed E-state index contributed by atoms with van der Waals surface area (Å²) in [5, 5.41) is 3.07. The van der Waals surface area contributed by atoms with Gasteiger partial charge in [0.25, 0.3) is 5.91 Å². The Morgan fingerprint density at radius 2 is 1.79 bits per heavy atom. The molecule has 2 aromatic carbocycles. The van der Waals surface area contributed by atoms with Crippen LogP contribution in [0.1, 0.15) is 46.9 Å². The van der Waals surface area contributed by atoms with Crippen molar-refractivity contribution < 1.29 is 9.53 Å². The van der Waals surface area contributed by atoms with E-state index in [9.17, 15) is 4.79 Å². The quantitative estimate of drug-likeness (QED) is 0.497. The molecular formula is C25H28N2O2. The molecule has 29 heavy (non-hydrogen) atoms. The summed E-state index contributed by atoms with van der Waals surface area (Å²) >= 11 is 0. The van der Waals surface area contributed by atoms with Crippen molar-refractivity contribution in [1.82, 2.24) is 4.98 Å². The lowest BCUT2D eigenvalue weighted by Gasteiger charge is -2.17. The number of ether oxygens (including phenoxy) is 1. The third-order valence-electron chi connectivity index (χ3n) is 4.99. The van der Waals surface area contributed by atoms with Crippen LogP contribution in [0.5, 0.6) is 5.75 Å². The maximum atomic E-state index is 13.4. The van der Waals surface area contributed by atoms with Gasteiger partial charge in [-0.1, -0.05) is 55.8 Å². The van der Waals surface area contributed by atoms with Crippen molar-refractivity contribution in [2.75, 3.05) is 11.9 Å². The molecule has 4 nitrogen and oxygen atoms in total. The maximum Gasteiger partial charge on any atom is 0.261 e. The first-order valence-electron chi connectivity index (χ1n) is 10.1. The highest BCUT2D eigenvalue weighted by molar-refractivity contribution is 6.10. The zero-order valence-corrected chi connectivity index (χ0v) is 17.6. The Balaban J connectivity index is 2.08. The van der Waals surface area contributed by atoms with Crippen molar-refractivity contribution >= 4 is 11.6 Å². The normalized spacial score (nSPS) is 10.6. The van der Waals surface area contributed by atoms with Crippen molar-refractivity contribution in [3.63, 3.8) is 0 Å². The Hall–Kier alpha value is -3.14. The van der Waals surface area contributed by atoms with Gasteiger partial charge in [-0.15, -0.1) is 0 Å². The third-order valence-corrected chi connectivity index (χ3v) is 4.99. The van der Waals surface area contributed by atoms with E-state index < -0.39 is 0 Å². The number of amides is 1. The second-order valence-corrected chi connectivity index (χ2v) is 7.26. The molecule has 0 atom stereocenters. The summed E-state index contributed by atoms with van der Waals surface area (Å²) in [6, 6.07) is 17.5. The number of nitrogens with one attached hydrogen (secondary N) is 1. The minimum atomic E-state index is -0.212. The number of hydrogen-bond donors (Lipinski definition) is 1. The van der Waals surface area contributed by atoms with Crippen LogP contribution in [0.15, 0.2) is 54.6 Å². The van der Waals surface area contributed by atoms with Crippen LogP contribution >= 0.6 is 0 Å². The fraction of sp³-hybridized carbons (Fsp3) is 0.280. The van der Waals surface area contributed by atoms with Gasteiger partial charge in [-0.2, -0.15) is 0 Å². The van der Waals surface area contributed by atoms with Crippen LogP contribution in [0.25, 0.3) is 11.3 Å². The van der Waals surface area contributed by atoms with E-state index in [1.54, 1.807) is 0 Å². The minimum Gasteiger partial charge on any atom is -0.493 e. The van der Waals surface area contributed by atoms with E-state index in [4.69, 9.17) is 9.72 Å². The highest BCUT2D eigenvalue weighted by Gasteiger charge is 2.22. The molecule has 4 heteroatoms. The predicted molar refractivity (Wildman–Crippen MR) is 119 cm³/mol. The largest absolute Gasteiger partial charge is 0.493 e. The lowest BCUT2D eigenvalue weighted by Crippen LogP contribution is -2.17. The van der Waals surface area contributed by atoms with Crippen LogP contribution in [0.4, 0.5) is 5.69 Å². The van der Waals surface area contributed by atoms with Crippen molar-refractivity contribution in [2.45, 2.75) is 40.5 Å². The fourth-order valence-corrected chi connectivity index (χ4v) is 3.18. The summed E-state index contributed by atoms with van der Waals surface area (Å²) in [5.41, 5.74) is 5.80. The number of carbonyl (C=O) groups is 1. The molecule has 0 saturated carbocycles. The first-order chi connectivity index (χ1) is 14.0. The van der Waals surface area contributed by atoms with E-state index in [0.29, 0.717) is 23.6 Å². The van der Waals surface area contributed by atoms with E-state index >= 15 is 0 Å². The van der Waals surface area contributed by atoms with Gasteiger partial charge in [0.15, 0.2) is 0 Å². The molecule has 1 N–H and O–H groups in total. The highest BCUT2D eigenvalue weighted by atomic mass is 16.5. The van der Waals surface area contributed by atoms with E-state index in [1.807, 2.05) is 75.4 Å². The minimum absolute atomic E-state index is 0.212. The summed E-state index contributed by atoms with van der Waals surface area (Å²) in [6.45, 7) is 8.65. The number of anilines is 1. The van der Waals surface area contributed by atoms with Gasteiger partial charge in [0.1, 0.15) is 11.3 Å². The summed E-state index contributed by atoms with van der Waals surface area (Å²) in [5.74, 6) is 0.365. The average molecular weight is 389 g/mol. The number of rotatable bonds is 7. The molecule has 1 heterocycles. The van der Waals surface area contributed by atoms with Crippen molar-refractivity contribution in [2.24, 2.45) is 0 Å². The number of aromatic nitrogens is 1. The summed E-state index contributed by atoms with van der Waals surface area (Å²) < 4.78 is 6.03. The Labute approximate surface area is 173 Å². The van der Waals surface area contributed by atoms with Crippen LogP contribution in [-0.2, 0) is 0 Å². The SMILES string of the molecule is CCCCOc1cc(C)nc(-c2ccccc2)c1C(=O)Nc1cccc(C)c1C. The van der Waals surface area contributed by atoms with Crippen molar-refractivity contribution in [1.29, 1.82) is 0 Å². The molecule has 0 aliphatic rings. The van der Waals surface area contributed by atoms with Gasteiger partial charge < -0.3 is 10.1 Å². The van der Waals surface area contributed by atoms with Gasteiger partial charge in [-0.25, -0.2) is 0 Å². The number of nitrogens with zero attached hydrogens (tertiary/aromatic N) is 1. The fourth-order valence-electron chi connectivity index (χ4n) is 3.18. The van der Waals surface area contributed by atoms with Gasteiger partial charge in [-0.3, -0.25) is 9.78 Å². The molecule has 0 unspecified atom stereocenters. The zero-order valence-electron chi connectivity index (χ0n) is 17.6. The lowest BCUT2D eigenvalue weighted by atomic mass is 10.0. The Bertz CT molecular complexity index is 997. The molecule has 0 aliphatic heterocycles. The van der Waals surface area contributed by atoms with Crippen molar-refractivity contribution in [3.05, 3.63) is 77.0 Å². The summed E-state index contributed by atoms with van der Waals surface area (Å²) in [7, 11) is 0. The van der Waals surface area contributed by atoms with E-state index in [1.165, 1.54) is 0 Å². The molecule has 0 radical (unpaired) electrons. The molecule has 1 amide bonds. The standard InChI is InChI=1S/C25H28N2O2/c1-5-6-15-29-22-16-18(3)26-24(20-12-8-7-9-13-20)23(22)25(28)27-21-14-10-11-17(2)19(21)4/h7-14,16H,5-6,15H2,1-4H3,(H,27,28). The van der Waals surface area contributed by atoms with Crippen molar-refractivity contribution in [3.8, 4) is 17.0 Å². The highest BCUT2D eigenvalue weighted by Crippen LogP contribution is 2.31. The smallest absolute Gasteiger partial charge is 0.261 e. The first kappa shape index (κ1) is 20.6. The van der Waals surface area contributed by atoms with Crippen LogP contribution in [0, 0.1) is 20.8 Å². The zero-order chi connectivity index (χ0) is 20.8. The lowest BCUT2D eigenvalue weighted by molar-refractivity contribution is 0.102. The Morgan fingerprint density at radius 1 is 1.03 bits per heavy atom. The summed E-state index contributed by atoms with van der Waals surface area (Å²) in [6.07, 6.45) is 1.96. The Kier molecular flexibility index (Phi) is 6.65. The number of hydrogen-bond acceptors (Lipinski definition) is 3. The van der Waals surface area contributed by atoms with Crippen LogP contribution in [0.2, 0.25) is 0 Å². The van der Waals surface area contributed by atoms with Crippen LogP contribution < -0.4 is 10.1 Å².